The SMILES string of the molecule is C/C=C\Oc1c(C)cc(C(=O)O)cc1F. The first kappa shape index (κ1) is 11.2. The smallest absolute Gasteiger partial charge is 0.335 e. The molecular formula is C11H11FO3. The van der Waals surface area contributed by atoms with Gasteiger partial charge in [-0.25, -0.2) is 9.18 Å². The molecule has 0 saturated carbocycles. The summed E-state index contributed by atoms with van der Waals surface area (Å²) in [6.45, 7) is 3.33. The molecule has 3 nitrogen and oxygen atoms in total. The zero-order valence-electron chi connectivity index (χ0n) is 8.45. The Kier molecular flexibility index (Phi) is 3.44. The van der Waals surface area contributed by atoms with E-state index in [-0.39, 0.29) is 11.3 Å². The van der Waals surface area contributed by atoms with Crippen LogP contribution in [0.1, 0.15) is 22.8 Å². The maximum absolute atomic E-state index is 13.4. The van der Waals surface area contributed by atoms with Crippen molar-refractivity contribution in [3.8, 4) is 5.75 Å². The van der Waals surface area contributed by atoms with Crippen LogP contribution in [0.5, 0.6) is 5.75 Å². The van der Waals surface area contributed by atoms with E-state index in [0.717, 1.165) is 6.07 Å². The fraction of sp³-hybridized carbons (Fsp3) is 0.182. The highest BCUT2D eigenvalue weighted by molar-refractivity contribution is 5.88. The summed E-state index contributed by atoms with van der Waals surface area (Å²) in [6.07, 6.45) is 2.95. The Morgan fingerprint density at radius 2 is 2.20 bits per heavy atom. The largest absolute Gasteiger partial charge is 0.478 e. The normalized spacial score (nSPS) is 10.6. The zero-order valence-corrected chi connectivity index (χ0v) is 8.45. The Labute approximate surface area is 86.8 Å². The highest BCUT2D eigenvalue weighted by atomic mass is 19.1. The molecule has 0 bridgehead atoms. The van der Waals surface area contributed by atoms with Crippen molar-refractivity contribution in [2.75, 3.05) is 0 Å². The van der Waals surface area contributed by atoms with E-state index >= 15 is 0 Å². The van der Waals surface area contributed by atoms with Gasteiger partial charge >= 0.3 is 5.97 Å². The maximum Gasteiger partial charge on any atom is 0.335 e. The van der Waals surface area contributed by atoms with Crippen LogP contribution in [0, 0.1) is 12.7 Å². The fourth-order valence-electron chi connectivity index (χ4n) is 1.14. The molecule has 1 aromatic rings. The van der Waals surface area contributed by atoms with Crippen molar-refractivity contribution in [3.05, 3.63) is 41.4 Å². The maximum atomic E-state index is 13.4. The average molecular weight is 210 g/mol. The minimum Gasteiger partial charge on any atom is -0.478 e. The second-order valence-corrected chi connectivity index (χ2v) is 3.00. The Morgan fingerprint density at radius 1 is 1.53 bits per heavy atom. The van der Waals surface area contributed by atoms with Gasteiger partial charge in [-0.1, -0.05) is 6.08 Å². The van der Waals surface area contributed by atoms with E-state index in [4.69, 9.17) is 9.84 Å². The Bertz CT molecular complexity index is 387. The van der Waals surface area contributed by atoms with Crippen LogP contribution in [0.25, 0.3) is 0 Å². The molecule has 0 heterocycles. The van der Waals surface area contributed by atoms with Crippen LogP contribution in [-0.4, -0.2) is 11.1 Å². The van der Waals surface area contributed by atoms with E-state index < -0.39 is 11.8 Å². The van der Waals surface area contributed by atoms with Gasteiger partial charge in [0.1, 0.15) is 0 Å². The third-order valence-electron chi connectivity index (χ3n) is 1.80. The molecule has 1 N–H and O–H groups in total. The number of halogens is 1. The lowest BCUT2D eigenvalue weighted by Crippen LogP contribution is -2.00. The summed E-state index contributed by atoms with van der Waals surface area (Å²) in [5, 5.41) is 8.68. The van der Waals surface area contributed by atoms with Crippen LogP contribution in [0.4, 0.5) is 4.39 Å². The second-order valence-electron chi connectivity index (χ2n) is 3.00. The molecule has 0 amide bonds. The van der Waals surface area contributed by atoms with E-state index in [2.05, 4.69) is 0 Å². The number of carboxylic acids is 1. The van der Waals surface area contributed by atoms with Crippen LogP contribution < -0.4 is 4.74 Å². The van der Waals surface area contributed by atoms with Crippen LogP contribution in [0.2, 0.25) is 0 Å². The number of hydrogen-bond acceptors (Lipinski definition) is 2. The molecule has 0 fully saturated rings. The average Bonchev–Trinajstić information content (AvgIpc) is 2.16. The highest BCUT2D eigenvalue weighted by Crippen LogP contribution is 2.24. The molecule has 1 aromatic carbocycles. The van der Waals surface area contributed by atoms with Gasteiger partial charge in [-0.2, -0.15) is 0 Å². The van der Waals surface area contributed by atoms with Gasteiger partial charge in [0.2, 0.25) is 0 Å². The van der Waals surface area contributed by atoms with Crippen LogP contribution in [0.3, 0.4) is 0 Å². The van der Waals surface area contributed by atoms with E-state index in [9.17, 15) is 9.18 Å². The first-order chi connectivity index (χ1) is 7.06. The number of benzene rings is 1. The number of carbonyl (C=O) groups is 1. The number of aromatic carboxylic acids is 1. The van der Waals surface area contributed by atoms with Crippen molar-refractivity contribution < 1.29 is 19.0 Å². The van der Waals surface area contributed by atoms with Crippen molar-refractivity contribution >= 4 is 5.97 Å². The van der Waals surface area contributed by atoms with Gasteiger partial charge in [-0.15, -0.1) is 0 Å². The van der Waals surface area contributed by atoms with E-state index in [1.165, 1.54) is 12.3 Å². The molecule has 80 valence electrons. The molecule has 0 atom stereocenters. The van der Waals surface area contributed by atoms with Crippen LogP contribution in [0.15, 0.2) is 24.5 Å². The third kappa shape index (κ3) is 2.56. The molecule has 15 heavy (non-hydrogen) atoms. The summed E-state index contributed by atoms with van der Waals surface area (Å²) in [5.74, 6) is -1.78. The Balaban J connectivity index is 3.15. The van der Waals surface area contributed by atoms with Gasteiger partial charge in [0.25, 0.3) is 0 Å². The molecule has 0 aliphatic rings. The molecule has 1 rings (SSSR count). The van der Waals surface area contributed by atoms with Crippen molar-refractivity contribution in [1.82, 2.24) is 0 Å². The molecule has 0 spiro atoms. The predicted molar refractivity (Wildman–Crippen MR) is 53.5 cm³/mol. The number of rotatable bonds is 3. The highest BCUT2D eigenvalue weighted by Gasteiger charge is 2.12. The molecule has 0 aromatic heterocycles. The lowest BCUT2D eigenvalue weighted by molar-refractivity contribution is 0.0696. The van der Waals surface area contributed by atoms with Crippen molar-refractivity contribution in [1.29, 1.82) is 0 Å². The predicted octanol–water partition coefficient (Wildman–Crippen LogP) is 2.74. The minimum absolute atomic E-state index is 0.0538. The first-order valence-corrected chi connectivity index (χ1v) is 4.37. The number of aryl methyl sites for hydroxylation is 1. The molecular weight excluding hydrogens is 199 g/mol. The summed E-state index contributed by atoms with van der Waals surface area (Å²) in [6, 6.07) is 2.30. The number of ether oxygens (including phenoxy) is 1. The van der Waals surface area contributed by atoms with E-state index in [1.54, 1.807) is 19.9 Å². The number of allylic oxidation sites excluding steroid dienone is 1. The van der Waals surface area contributed by atoms with Gasteiger partial charge < -0.3 is 9.84 Å². The van der Waals surface area contributed by atoms with Gasteiger partial charge in [-0.3, -0.25) is 0 Å². The molecule has 0 radical (unpaired) electrons. The lowest BCUT2D eigenvalue weighted by atomic mass is 10.1. The summed E-state index contributed by atoms with van der Waals surface area (Å²) in [5.41, 5.74) is 0.364. The molecule has 0 unspecified atom stereocenters. The summed E-state index contributed by atoms with van der Waals surface area (Å²) < 4.78 is 18.4. The Morgan fingerprint density at radius 3 is 2.67 bits per heavy atom. The van der Waals surface area contributed by atoms with E-state index in [0.29, 0.717) is 5.56 Å². The standard InChI is InChI=1S/C11H11FO3/c1-3-4-15-10-7(2)5-8(11(13)14)6-9(10)12/h3-6H,1-2H3,(H,13,14)/b4-3-. The van der Waals surface area contributed by atoms with Gasteiger partial charge in [-0.05, 0) is 31.5 Å². The van der Waals surface area contributed by atoms with Crippen molar-refractivity contribution in [3.63, 3.8) is 0 Å². The van der Waals surface area contributed by atoms with Crippen LogP contribution >= 0.6 is 0 Å². The topological polar surface area (TPSA) is 46.5 Å². The Hall–Kier alpha value is -1.84. The summed E-state index contributed by atoms with van der Waals surface area (Å²) in [7, 11) is 0. The van der Waals surface area contributed by atoms with Crippen molar-refractivity contribution in [2.24, 2.45) is 0 Å². The quantitative estimate of drug-likeness (QED) is 0.780. The van der Waals surface area contributed by atoms with Gasteiger partial charge in [0, 0.05) is 0 Å². The van der Waals surface area contributed by atoms with Crippen LogP contribution in [-0.2, 0) is 0 Å². The first-order valence-electron chi connectivity index (χ1n) is 4.37. The third-order valence-corrected chi connectivity index (χ3v) is 1.80. The zero-order chi connectivity index (χ0) is 11.4. The van der Waals surface area contributed by atoms with Gasteiger partial charge in [0.05, 0.1) is 11.8 Å². The van der Waals surface area contributed by atoms with Crippen molar-refractivity contribution in [2.45, 2.75) is 13.8 Å². The van der Waals surface area contributed by atoms with E-state index in [1.807, 2.05) is 0 Å². The summed E-state index contributed by atoms with van der Waals surface area (Å²) in [4.78, 5) is 10.6. The number of carboxylic acid groups (broad SMARTS) is 1. The fourth-order valence-corrected chi connectivity index (χ4v) is 1.14. The molecule has 0 saturated heterocycles. The summed E-state index contributed by atoms with van der Waals surface area (Å²) >= 11 is 0. The lowest BCUT2D eigenvalue weighted by Gasteiger charge is -2.06. The number of hydrogen-bond donors (Lipinski definition) is 1. The molecule has 0 aliphatic heterocycles. The molecule has 0 aliphatic carbocycles. The molecule has 4 heteroatoms. The minimum atomic E-state index is -1.16. The second kappa shape index (κ2) is 4.59. The monoisotopic (exact) mass is 210 g/mol. The van der Waals surface area contributed by atoms with Gasteiger partial charge in [0.15, 0.2) is 11.6 Å².